The van der Waals surface area contributed by atoms with E-state index in [9.17, 15) is 0 Å². The van der Waals surface area contributed by atoms with Crippen LogP contribution in [0.15, 0.2) is 24.3 Å². The van der Waals surface area contributed by atoms with Crippen LogP contribution in [0.3, 0.4) is 0 Å². The fraction of sp³-hybridized carbons (Fsp3) is 0.533. The number of anilines is 1. The van der Waals surface area contributed by atoms with Crippen molar-refractivity contribution in [2.24, 2.45) is 0 Å². The van der Waals surface area contributed by atoms with E-state index in [4.69, 9.17) is 10.4 Å². The third-order valence-corrected chi connectivity index (χ3v) is 3.24. The van der Waals surface area contributed by atoms with Crippen LogP contribution in [0, 0.1) is 11.3 Å². The number of nitrogens with one attached hydrogen (secondary N) is 1. The predicted octanol–water partition coefficient (Wildman–Crippen LogP) is 1.90. The maximum absolute atomic E-state index is 9.11. The number of nitrogens with zero attached hydrogens (tertiary/aromatic N) is 2. The van der Waals surface area contributed by atoms with Gasteiger partial charge in [-0.1, -0.05) is 19.1 Å². The van der Waals surface area contributed by atoms with Crippen LogP contribution >= 0.6 is 0 Å². The summed E-state index contributed by atoms with van der Waals surface area (Å²) in [4.78, 5) is 2.07. The summed E-state index contributed by atoms with van der Waals surface area (Å²) in [5.41, 5.74) is 2.32. The number of benzene rings is 1. The standard InChI is InChI=1S/C15H23N3O/c1-3-14(12-19)17-11-13-5-7-15(8-6-13)18(2)10-4-9-16/h5-8,14,17,19H,3-4,10-12H2,1-2H3. The Labute approximate surface area is 115 Å². The number of aliphatic hydroxyl groups excluding tert-OH is 1. The van der Waals surface area contributed by atoms with Gasteiger partial charge >= 0.3 is 0 Å². The summed E-state index contributed by atoms with van der Waals surface area (Å²) in [5, 5.41) is 21.0. The second-order valence-electron chi connectivity index (χ2n) is 4.66. The molecule has 0 aliphatic carbocycles. The number of hydrogen-bond acceptors (Lipinski definition) is 4. The fourth-order valence-electron chi connectivity index (χ4n) is 1.82. The average Bonchev–Trinajstić information content (AvgIpc) is 2.46. The van der Waals surface area contributed by atoms with Crippen LogP contribution in [-0.2, 0) is 6.54 Å². The van der Waals surface area contributed by atoms with E-state index in [-0.39, 0.29) is 12.6 Å². The van der Waals surface area contributed by atoms with Crippen LogP contribution in [0.25, 0.3) is 0 Å². The van der Waals surface area contributed by atoms with Crippen molar-refractivity contribution >= 4 is 5.69 Å². The SMILES string of the molecule is CCC(CO)NCc1ccc(N(C)CCC#N)cc1. The zero-order chi connectivity index (χ0) is 14.1. The van der Waals surface area contributed by atoms with Crippen molar-refractivity contribution in [1.29, 1.82) is 5.26 Å². The van der Waals surface area contributed by atoms with E-state index in [2.05, 4.69) is 47.5 Å². The quantitative estimate of drug-likeness (QED) is 0.750. The lowest BCUT2D eigenvalue weighted by Gasteiger charge is -2.18. The van der Waals surface area contributed by atoms with Gasteiger partial charge in [0.25, 0.3) is 0 Å². The highest BCUT2D eigenvalue weighted by Crippen LogP contribution is 2.14. The van der Waals surface area contributed by atoms with E-state index in [1.807, 2.05) is 7.05 Å². The molecule has 2 N–H and O–H groups in total. The van der Waals surface area contributed by atoms with Crippen molar-refractivity contribution in [2.45, 2.75) is 32.4 Å². The first kappa shape index (κ1) is 15.5. The van der Waals surface area contributed by atoms with Crippen molar-refractivity contribution in [3.8, 4) is 6.07 Å². The van der Waals surface area contributed by atoms with Crippen LogP contribution in [0.2, 0.25) is 0 Å². The molecule has 4 nitrogen and oxygen atoms in total. The number of rotatable bonds is 8. The highest BCUT2D eigenvalue weighted by atomic mass is 16.3. The Morgan fingerprint density at radius 3 is 2.58 bits per heavy atom. The van der Waals surface area contributed by atoms with Crippen molar-refractivity contribution in [2.75, 3.05) is 25.1 Å². The molecule has 0 heterocycles. The number of nitriles is 1. The van der Waals surface area contributed by atoms with Gasteiger partial charge in [0.15, 0.2) is 0 Å². The lowest BCUT2D eigenvalue weighted by Crippen LogP contribution is -2.31. The molecule has 4 heteroatoms. The first-order valence-electron chi connectivity index (χ1n) is 6.72. The molecular weight excluding hydrogens is 238 g/mol. The number of hydrogen-bond donors (Lipinski definition) is 2. The molecule has 19 heavy (non-hydrogen) atoms. The molecule has 1 aromatic carbocycles. The third-order valence-electron chi connectivity index (χ3n) is 3.24. The summed E-state index contributed by atoms with van der Waals surface area (Å²) in [6.07, 6.45) is 1.46. The van der Waals surface area contributed by atoms with Gasteiger partial charge in [0, 0.05) is 31.9 Å². The molecule has 0 saturated carbocycles. The smallest absolute Gasteiger partial charge is 0.0640 e. The minimum atomic E-state index is 0.165. The third kappa shape index (κ3) is 5.29. The Hall–Kier alpha value is -1.57. The topological polar surface area (TPSA) is 59.3 Å². The van der Waals surface area contributed by atoms with Gasteiger partial charge in [-0.05, 0) is 24.1 Å². The van der Waals surface area contributed by atoms with E-state index < -0.39 is 0 Å². The van der Waals surface area contributed by atoms with Crippen LogP contribution in [0.5, 0.6) is 0 Å². The first-order chi connectivity index (χ1) is 9.21. The van der Waals surface area contributed by atoms with Crippen molar-refractivity contribution < 1.29 is 5.11 Å². The monoisotopic (exact) mass is 261 g/mol. The number of aliphatic hydroxyl groups is 1. The molecule has 104 valence electrons. The van der Waals surface area contributed by atoms with E-state index in [1.54, 1.807) is 0 Å². The van der Waals surface area contributed by atoms with Gasteiger partial charge in [-0.3, -0.25) is 0 Å². The van der Waals surface area contributed by atoms with Crippen LogP contribution < -0.4 is 10.2 Å². The fourth-order valence-corrected chi connectivity index (χ4v) is 1.82. The molecule has 0 aliphatic heterocycles. The van der Waals surface area contributed by atoms with Gasteiger partial charge in [0.2, 0.25) is 0 Å². The minimum Gasteiger partial charge on any atom is -0.395 e. The van der Waals surface area contributed by atoms with Crippen LogP contribution in [0.4, 0.5) is 5.69 Å². The Morgan fingerprint density at radius 2 is 2.05 bits per heavy atom. The molecule has 0 radical (unpaired) electrons. The highest BCUT2D eigenvalue weighted by molar-refractivity contribution is 5.46. The Morgan fingerprint density at radius 1 is 1.37 bits per heavy atom. The molecule has 0 saturated heterocycles. The maximum atomic E-state index is 9.11. The molecule has 1 aromatic rings. The summed E-state index contributed by atoms with van der Waals surface area (Å²) in [6.45, 7) is 3.74. The van der Waals surface area contributed by atoms with E-state index in [1.165, 1.54) is 5.56 Å². The maximum Gasteiger partial charge on any atom is 0.0640 e. The molecule has 1 atom stereocenters. The largest absolute Gasteiger partial charge is 0.395 e. The van der Waals surface area contributed by atoms with E-state index in [0.29, 0.717) is 6.42 Å². The van der Waals surface area contributed by atoms with Gasteiger partial charge in [-0.15, -0.1) is 0 Å². The van der Waals surface area contributed by atoms with E-state index >= 15 is 0 Å². The van der Waals surface area contributed by atoms with Crippen LogP contribution in [0.1, 0.15) is 25.3 Å². The zero-order valence-corrected chi connectivity index (χ0v) is 11.8. The average molecular weight is 261 g/mol. The molecular formula is C15H23N3O. The molecule has 1 unspecified atom stereocenters. The van der Waals surface area contributed by atoms with Gasteiger partial charge in [0.1, 0.15) is 0 Å². The molecule has 0 spiro atoms. The molecule has 0 bridgehead atoms. The van der Waals surface area contributed by atoms with Gasteiger partial charge < -0.3 is 15.3 Å². The van der Waals surface area contributed by atoms with Crippen LogP contribution in [-0.4, -0.2) is 31.3 Å². The molecule has 0 fully saturated rings. The summed E-state index contributed by atoms with van der Waals surface area (Å²) in [7, 11) is 1.99. The summed E-state index contributed by atoms with van der Waals surface area (Å²) in [5.74, 6) is 0. The second kappa shape index (κ2) is 8.52. The van der Waals surface area contributed by atoms with Gasteiger partial charge in [-0.25, -0.2) is 0 Å². The summed E-state index contributed by atoms with van der Waals surface area (Å²) < 4.78 is 0. The van der Waals surface area contributed by atoms with Crippen molar-refractivity contribution in [3.63, 3.8) is 0 Å². The molecule has 0 aromatic heterocycles. The Kier molecular flexibility index (Phi) is 6.94. The molecule has 0 aliphatic rings. The van der Waals surface area contributed by atoms with Crippen molar-refractivity contribution in [1.82, 2.24) is 5.32 Å². The van der Waals surface area contributed by atoms with E-state index in [0.717, 1.165) is 25.2 Å². The Bertz CT molecular complexity index is 393. The van der Waals surface area contributed by atoms with Gasteiger partial charge in [0.05, 0.1) is 19.1 Å². The van der Waals surface area contributed by atoms with Gasteiger partial charge in [-0.2, -0.15) is 5.26 Å². The normalized spacial score (nSPS) is 11.9. The summed E-state index contributed by atoms with van der Waals surface area (Å²) in [6, 6.07) is 10.6. The predicted molar refractivity (Wildman–Crippen MR) is 77.9 cm³/mol. The Balaban J connectivity index is 2.49. The first-order valence-corrected chi connectivity index (χ1v) is 6.72. The summed E-state index contributed by atoms with van der Waals surface area (Å²) >= 11 is 0. The highest BCUT2D eigenvalue weighted by Gasteiger charge is 2.04. The second-order valence-corrected chi connectivity index (χ2v) is 4.66. The minimum absolute atomic E-state index is 0.165. The zero-order valence-electron chi connectivity index (χ0n) is 11.8. The lowest BCUT2D eigenvalue weighted by molar-refractivity contribution is 0.238. The molecule has 1 rings (SSSR count). The molecule has 0 amide bonds. The lowest BCUT2D eigenvalue weighted by atomic mass is 10.1. The van der Waals surface area contributed by atoms with Crippen molar-refractivity contribution in [3.05, 3.63) is 29.8 Å².